The van der Waals surface area contributed by atoms with Crippen molar-refractivity contribution in [1.82, 2.24) is 24.0 Å². The molecule has 3 aliphatic heterocycles. The molecule has 0 unspecified atom stereocenters. The first kappa shape index (κ1) is 18.9. The van der Waals surface area contributed by atoms with Gasteiger partial charge in [-0.15, -0.1) is 0 Å². The van der Waals surface area contributed by atoms with E-state index in [1.807, 2.05) is 0 Å². The second-order valence-corrected chi connectivity index (χ2v) is 9.78. The van der Waals surface area contributed by atoms with Crippen LogP contribution in [0.1, 0.15) is 29.8 Å². The topological polar surface area (TPSA) is 77.9 Å². The molecule has 0 spiro atoms. The Bertz CT molecular complexity index is 790. The molecule has 3 aliphatic rings. The number of piperidine rings is 1. The van der Waals surface area contributed by atoms with E-state index in [1.54, 1.807) is 15.1 Å². The maximum absolute atomic E-state index is 13.1. The fourth-order valence-corrected chi connectivity index (χ4v) is 5.82. The van der Waals surface area contributed by atoms with Crippen molar-refractivity contribution in [2.45, 2.75) is 36.7 Å². The van der Waals surface area contributed by atoms with Gasteiger partial charge < -0.3 is 14.8 Å². The number of carbonyl (C=O) groups excluding carboxylic acids is 1. The summed E-state index contributed by atoms with van der Waals surface area (Å²) in [6.45, 7) is 6.10. The summed E-state index contributed by atoms with van der Waals surface area (Å²) < 4.78 is 29.5. The Labute approximate surface area is 161 Å². The molecule has 0 saturated carbocycles. The summed E-state index contributed by atoms with van der Waals surface area (Å²) in [5, 5.41) is 2.81. The molecule has 1 amide bonds. The number of likely N-dealkylation sites (tertiary alicyclic amines) is 1. The summed E-state index contributed by atoms with van der Waals surface area (Å²) in [7, 11) is -1.40. The van der Waals surface area contributed by atoms with Crippen LogP contribution in [0.4, 0.5) is 0 Å². The van der Waals surface area contributed by atoms with Crippen LogP contribution in [0.3, 0.4) is 0 Å². The average molecular weight is 396 g/mol. The summed E-state index contributed by atoms with van der Waals surface area (Å²) in [5.74, 6) is -0.193. The van der Waals surface area contributed by atoms with E-state index in [0.717, 1.165) is 45.4 Å². The van der Waals surface area contributed by atoms with Crippen molar-refractivity contribution in [3.63, 3.8) is 0 Å². The Morgan fingerprint density at radius 1 is 1.04 bits per heavy atom. The predicted molar refractivity (Wildman–Crippen MR) is 102 cm³/mol. The molecule has 0 radical (unpaired) electrons. The Hall–Kier alpha value is -1.42. The van der Waals surface area contributed by atoms with Crippen molar-refractivity contribution in [2.75, 3.05) is 52.9 Å². The molecular formula is C18H29N5O3S. The number of nitrogens with zero attached hydrogens (tertiary/aromatic N) is 4. The lowest BCUT2D eigenvalue weighted by Gasteiger charge is -2.41. The maximum Gasteiger partial charge on any atom is 0.267 e. The second-order valence-electron chi connectivity index (χ2n) is 7.84. The highest BCUT2D eigenvalue weighted by molar-refractivity contribution is 7.89. The van der Waals surface area contributed by atoms with Gasteiger partial charge in [0.15, 0.2) is 0 Å². The average Bonchev–Trinajstić information content (AvgIpc) is 3.04. The molecule has 9 heteroatoms. The maximum atomic E-state index is 13.1. The monoisotopic (exact) mass is 395 g/mol. The first-order chi connectivity index (χ1) is 12.9. The molecule has 4 heterocycles. The molecule has 0 aromatic carbocycles. The van der Waals surface area contributed by atoms with Crippen molar-refractivity contribution >= 4 is 15.9 Å². The van der Waals surface area contributed by atoms with Gasteiger partial charge in [-0.1, -0.05) is 0 Å². The lowest BCUT2D eigenvalue weighted by atomic mass is 10.0. The number of aryl methyl sites for hydroxylation is 1. The Morgan fingerprint density at radius 2 is 1.74 bits per heavy atom. The fraction of sp³-hybridized carbons (Fsp3) is 0.722. The summed E-state index contributed by atoms with van der Waals surface area (Å²) in [6, 6.07) is 2.10. The van der Waals surface area contributed by atoms with Gasteiger partial charge in [0, 0.05) is 51.5 Å². The standard InChI is InChI=1S/C18H29N5O3S/c1-20-7-3-15(4-8-20)21-9-11-23(12-10-21)27(25,26)16-13-17-18(24)19-5-2-6-22(17)14-16/h13-15H,2-12H2,1H3,(H,19,24). The largest absolute Gasteiger partial charge is 0.351 e. The van der Waals surface area contributed by atoms with Crippen LogP contribution < -0.4 is 5.32 Å². The predicted octanol–water partition coefficient (Wildman–Crippen LogP) is 0.0221. The molecule has 0 aliphatic carbocycles. The molecule has 8 nitrogen and oxygen atoms in total. The van der Waals surface area contributed by atoms with E-state index in [2.05, 4.69) is 22.2 Å². The van der Waals surface area contributed by atoms with E-state index in [4.69, 9.17) is 0 Å². The molecule has 1 aromatic rings. The third-order valence-corrected chi connectivity index (χ3v) is 7.94. The third-order valence-electron chi connectivity index (χ3n) is 6.08. The SMILES string of the molecule is CN1CCC(N2CCN(S(=O)(=O)c3cc4n(c3)CCCNC4=O)CC2)CC1. The van der Waals surface area contributed by atoms with Gasteiger partial charge in [0.05, 0.1) is 0 Å². The number of nitrogens with one attached hydrogen (secondary N) is 1. The van der Waals surface area contributed by atoms with Crippen molar-refractivity contribution < 1.29 is 13.2 Å². The highest BCUT2D eigenvalue weighted by Gasteiger charge is 2.33. The van der Waals surface area contributed by atoms with E-state index in [9.17, 15) is 13.2 Å². The van der Waals surface area contributed by atoms with Crippen LogP contribution in [0.2, 0.25) is 0 Å². The van der Waals surface area contributed by atoms with Gasteiger partial charge in [-0.25, -0.2) is 8.42 Å². The molecular weight excluding hydrogens is 366 g/mol. The van der Waals surface area contributed by atoms with Gasteiger partial charge in [-0.3, -0.25) is 9.69 Å². The van der Waals surface area contributed by atoms with E-state index in [0.29, 0.717) is 37.9 Å². The van der Waals surface area contributed by atoms with Crippen molar-refractivity contribution in [2.24, 2.45) is 0 Å². The number of hydrogen-bond acceptors (Lipinski definition) is 5. The first-order valence-electron chi connectivity index (χ1n) is 9.86. The molecule has 2 saturated heterocycles. The smallest absolute Gasteiger partial charge is 0.267 e. The highest BCUT2D eigenvalue weighted by atomic mass is 32.2. The lowest BCUT2D eigenvalue weighted by Crippen LogP contribution is -2.53. The van der Waals surface area contributed by atoms with Gasteiger partial charge >= 0.3 is 0 Å². The Kier molecular flexibility index (Phi) is 5.28. The van der Waals surface area contributed by atoms with Crippen LogP contribution in [0, 0.1) is 0 Å². The van der Waals surface area contributed by atoms with Gasteiger partial charge in [0.1, 0.15) is 10.6 Å². The van der Waals surface area contributed by atoms with E-state index < -0.39 is 10.0 Å². The molecule has 1 aromatic heterocycles. The van der Waals surface area contributed by atoms with Crippen LogP contribution in [-0.2, 0) is 16.6 Å². The van der Waals surface area contributed by atoms with Crippen LogP contribution in [0.15, 0.2) is 17.2 Å². The molecule has 27 heavy (non-hydrogen) atoms. The van der Waals surface area contributed by atoms with E-state index >= 15 is 0 Å². The zero-order valence-corrected chi connectivity index (χ0v) is 16.7. The number of piperazine rings is 1. The van der Waals surface area contributed by atoms with Crippen LogP contribution in [-0.4, -0.2) is 91.9 Å². The van der Waals surface area contributed by atoms with Gasteiger partial charge in [-0.05, 0) is 45.5 Å². The number of hydrogen-bond donors (Lipinski definition) is 1. The minimum atomic E-state index is -3.56. The summed E-state index contributed by atoms with van der Waals surface area (Å²) in [6.07, 6.45) is 4.75. The number of amides is 1. The third kappa shape index (κ3) is 3.78. The molecule has 150 valence electrons. The minimum Gasteiger partial charge on any atom is -0.351 e. The first-order valence-corrected chi connectivity index (χ1v) is 11.3. The second kappa shape index (κ2) is 7.54. The number of carbonyl (C=O) groups is 1. The summed E-state index contributed by atoms with van der Waals surface area (Å²) >= 11 is 0. The van der Waals surface area contributed by atoms with Crippen LogP contribution in [0.25, 0.3) is 0 Å². The van der Waals surface area contributed by atoms with Gasteiger partial charge in [0.2, 0.25) is 10.0 Å². The van der Waals surface area contributed by atoms with Gasteiger partial charge in [0.25, 0.3) is 5.91 Å². The van der Waals surface area contributed by atoms with Crippen LogP contribution >= 0.6 is 0 Å². The fourth-order valence-electron chi connectivity index (χ4n) is 4.36. The lowest BCUT2D eigenvalue weighted by molar-refractivity contribution is 0.0892. The van der Waals surface area contributed by atoms with Gasteiger partial charge in [-0.2, -0.15) is 4.31 Å². The van der Waals surface area contributed by atoms with Crippen molar-refractivity contribution in [3.05, 3.63) is 18.0 Å². The molecule has 2 fully saturated rings. The zero-order valence-electron chi connectivity index (χ0n) is 15.9. The zero-order chi connectivity index (χ0) is 19.0. The quantitative estimate of drug-likeness (QED) is 0.781. The number of sulfonamides is 1. The Balaban J connectivity index is 1.43. The normalized spacial score (nSPS) is 24.4. The minimum absolute atomic E-state index is 0.193. The summed E-state index contributed by atoms with van der Waals surface area (Å²) in [4.78, 5) is 17.1. The molecule has 0 atom stereocenters. The molecule has 1 N–H and O–H groups in total. The molecule has 4 rings (SSSR count). The van der Waals surface area contributed by atoms with Crippen molar-refractivity contribution in [1.29, 1.82) is 0 Å². The van der Waals surface area contributed by atoms with E-state index in [-0.39, 0.29) is 10.8 Å². The van der Waals surface area contributed by atoms with Crippen molar-refractivity contribution in [3.8, 4) is 0 Å². The summed E-state index contributed by atoms with van der Waals surface area (Å²) in [5.41, 5.74) is 0.441. The number of rotatable bonds is 3. The molecule has 0 bridgehead atoms. The Morgan fingerprint density at radius 3 is 2.44 bits per heavy atom. The highest BCUT2D eigenvalue weighted by Crippen LogP contribution is 2.24. The van der Waals surface area contributed by atoms with Crippen LogP contribution in [0.5, 0.6) is 0 Å². The number of fused-ring (bicyclic) bond motifs is 1. The van der Waals surface area contributed by atoms with E-state index in [1.165, 1.54) is 6.07 Å². The number of aromatic nitrogens is 1.